The monoisotopic (exact) mass is 332 g/mol. The summed E-state index contributed by atoms with van der Waals surface area (Å²) in [6.45, 7) is 1.13. The third kappa shape index (κ3) is 3.31. The van der Waals surface area contributed by atoms with Crippen molar-refractivity contribution in [2.45, 2.75) is 43.5 Å². The van der Waals surface area contributed by atoms with Crippen LogP contribution in [0.1, 0.15) is 37.7 Å². The number of amides is 2. The van der Waals surface area contributed by atoms with Crippen molar-refractivity contribution in [2.24, 2.45) is 5.41 Å². The molecule has 0 aromatic heterocycles. The van der Waals surface area contributed by atoms with Gasteiger partial charge in [-0.2, -0.15) is 0 Å². The van der Waals surface area contributed by atoms with Crippen LogP contribution in [0.15, 0.2) is 29.2 Å². The second kappa shape index (κ2) is 6.65. The molecule has 4 nitrogen and oxygen atoms in total. The zero-order chi connectivity index (χ0) is 16.4. The van der Waals surface area contributed by atoms with E-state index in [0.717, 1.165) is 32.2 Å². The van der Waals surface area contributed by atoms with E-state index in [2.05, 4.69) is 30.5 Å². The third-order valence-corrected chi connectivity index (χ3v) is 5.79. The van der Waals surface area contributed by atoms with Gasteiger partial charge in [0.1, 0.15) is 0 Å². The number of nitrogens with zero attached hydrogens (tertiary/aromatic N) is 2. The standard InChI is InChI=1S/C18H24N2O2S/c1-19(12-14-5-7-15(23-2)8-6-14)13-20-16(21)11-18(17(20)22)9-3-4-10-18/h5-8H,3-4,9-13H2,1-2H3. The Bertz CT molecular complexity index is 594. The number of thioether (sulfide) groups is 1. The molecule has 1 spiro atoms. The Kier molecular flexibility index (Phi) is 4.78. The molecule has 23 heavy (non-hydrogen) atoms. The van der Waals surface area contributed by atoms with Gasteiger partial charge in [-0.3, -0.25) is 19.4 Å². The molecular weight excluding hydrogens is 308 g/mol. The topological polar surface area (TPSA) is 40.6 Å². The summed E-state index contributed by atoms with van der Waals surface area (Å²) < 4.78 is 0. The van der Waals surface area contributed by atoms with Gasteiger partial charge in [-0.1, -0.05) is 25.0 Å². The lowest BCUT2D eigenvalue weighted by Gasteiger charge is -2.25. The van der Waals surface area contributed by atoms with E-state index in [1.807, 2.05) is 11.9 Å². The first-order valence-corrected chi connectivity index (χ1v) is 9.43. The lowest BCUT2D eigenvalue weighted by Crippen LogP contribution is -2.41. The van der Waals surface area contributed by atoms with Crippen LogP contribution in [0.2, 0.25) is 0 Å². The maximum Gasteiger partial charge on any atom is 0.237 e. The average molecular weight is 332 g/mol. The minimum atomic E-state index is -0.363. The first kappa shape index (κ1) is 16.5. The van der Waals surface area contributed by atoms with E-state index in [1.54, 1.807) is 11.8 Å². The first-order chi connectivity index (χ1) is 11.0. The summed E-state index contributed by atoms with van der Waals surface area (Å²) in [5.74, 6) is 0.0612. The minimum absolute atomic E-state index is 0.00137. The summed E-state index contributed by atoms with van der Waals surface area (Å²) in [6.07, 6.45) is 6.39. The molecule has 1 heterocycles. The van der Waals surface area contributed by atoms with Crippen LogP contribution in [-0.4, -0.2) is 41.6 Å². The third-order valence-electron chi connectivity index (χ3n) is 5.04. The maximum atomic E-state index is 12.7. The van der Waals surface area contributed by atoms with Crippen molar-refractivity contribution in [3.05, 3.63) is 29.8 Å². The molecule has 1 aromatic rings. The van der Waals surface area contributed by atoms with Crippen molar-refractivity contribution < 1.29 is 9.59 Å². The molecular formula is C18H24N2O2S. The highest BCUT2D eigenvalue weighted by Crippen LogP contribution is 2.46. The van der Waals surface area contributed by atoms with Crippen molar-refractivity contribution >= 4 is 23.6 Å². The molecule has 0 atom stereocenters. The van der Waals surface area contributed by atoms with E-state index < -0.39 is 0 Å². The molecule has 1 aliphatic carbocycles. The lowest BCUT2D eigenvalue weighted by atomic mass is 9.85. The molecule has 1 aliphatic heterocycles. The van der Waals surface area contributed by atoms with Crippen molar-refractivity contribution in [1.82, 2.24) is 9.80 Å². The Morgan fingerprint density at radius 1 is 1.17 bits per heavy atom. The van der Waals surface area contributed by atoms with Gasteiger partial charge < -0.3 is 0 Å². The van der Waals surface area contributed by atoms with Crippen LogP contribution in [0.4, 0.5) is 0 Å². The number of imide groups is 1. The van der Waals surface area contributed by atoms with Gasteiger partial charge in [0.15, 0.2) is 0 Å². The number of benzene rings is 1. The average Bonchev–Trinajstić information content (AvgIpc) is 3.09. The quantitative estimate of drug-likeness (QED) is 0.614. The van der Waals surface area contributed by atoms with Crippen LogP contribution >= 0.6 is 11.8 Å². The first-order valence-electron chi connectivity index (χ1n) is 8.20. The van der Waals surface area contributed by atoms with E-state index in [-0.39, 0.29) is 17.2 Å². The predicted octanol–water partition coefficient (Wildman–Crippen LogP) is 3.12. The zero-order valence-electron chi connectivity index (χ0n) is 13.9. The Morgan fingerprint density at radius 3 is 2.43 bits per heavy atom. The van der Waals surface area contributed by atoms with Crippen LogP contribution in [0, 0.1) is 5.41 Å². The highest BCUT2D eigenvalue weighted by molar-refractivity contribution is 7.98. The number of carbonyl (C=O) groups is 2. The van der Waals surface area contributed by atoms with Gasteiger partial charge in [0.2, 0.25) is 11.8 Å². The van der Waals surface area contributed by atoms with Crippen LogP contribution in [0.3, 0.4) is 0 Å². The fraction of sp³-hybridized carbons (Fsp3) is 0.556. The molecule has 0 bridgehead atoms. The lowest BCUT2D eigenvalue weighted by molar-refractivity contribution is -0.143. The summed E-state index contributed by atoms with van der Waals surface area (Å²) in [6, 6.07) is 8.42. The van der Waals surface area contributed by atoms with E-state index in [9.17, 15) is 9.59 Å². The normalized spacial score (nSPS) is 20.2. The van der Waals surface area contributed by atoms with E-state index in [0.29, 0.717) is 13.1 Å². The van der Waals surface area contributed by atoms with Gasteiger partial charge in [-0.05, 0) is 43.8 Å². The molecule has 3 rings (SSSR count). The van der Waals surface area contributed by atoms with E-state index >= 15 is 0 Å². The van der Waals surface area contributed by atoms with Gasteiger partial charge >= 0.3 is 0 Å². The Balaban J connectivity index is 1.61. The summed E-state index contributed by atoms with van der Waals surface area (Å²) in [4.78, 5) is 29.7. The van der Waals surface area contributed by atoms with Crippen LogP contribution in [0.25, 0.3) is 0 Å². The number of hydrogen-bond acceptors (Lipinski definition) is 4. The SMILES string of the molecule is CSc1ccc(CN(C)CN2C(=O)CC3(CCCC3)C2=O)cc1. The van der Waals surface area contributed by atoms with Gasteiger partial charge in [-0.15, -0.1) is 11.8 Å². The van der Waals surface area contributed by atoms with Crippen molar-refractivity contribution in [3.63, 3.8) is 0 Å². The molecule has 1 saturated carbocycles. The fourth-order valence-corrected chi connectivity index (χ4v) is 4.19. The highest BCUT2D eigenvalue weighted by atomic mass is 32.2. The largest absolute Gasteiger partial charge is 0.284 e. The summed E-state index contributed by atoms with van der Waals surface area (Å²) in [5, 5.41) is 0. The summed E-state index contributed by atoms with van der Waals surface area (Å²) in [7, 11) is 1.96. The molecule has 0 N–H and O–H groups in total. The van der Waals surface area contributed by atoms with Crippen LogP contribution in [-0.2, 0) is 16.1 Å². The minimum Gasteiger partial charge on any atom is -0.284 e. The molecule has 5 heteroatoms. The number of likely N-dealkylation sites (tertiary alicyclic amines) is 1. The molecule has 2 amide bonds. The predicted molar refractivity (Wildman–Crippen MR) is 91.9 cm³/mol. The smallest absolute Gasteiger partial charge is 0.237 e. The van der Waals surface area contributed by atoms with Crippen LogP contribution < -0.4 is 0 Å². The second-order valence-corrected chi connectivity index (χ2v) is 7.67. The molecule has 2 fully saturated rings. The van der Waals surface area contributed by atoms with Crippen molar-refractivity contribution in [1.29, 1.82) is 0 Å². The van der Waals surface area contributed by atoms with E-state index in [4.69, 9.17) is 0 Å². The van der Waals surface area contributed by atoms with Crippen LogP contribution in [0.5, 0.6) is 0 Å². The molecule has 1 saturated heterocycles. The fourth-order valence-electron chi connectivity index (χ4n) is 3.78. The Morgan fingerprint density at radius 2 is 1.83 bits per heavy atom. The Hall–Kier alpha value is -1.33. The second-order valence-electron chi connectivity index (χ2n) is 6.79. The summed E-state index contributed by atoms with van der Waals surface area (Å²) >= 11 is 1.72. The molecule has 2 aliphatic rings. The zero-order valence-corrected chi connectivity index (χ0v) is 14.7. The number of rotatable bonds is 5. The molecule has 1 aromatic carbocycles. The van der Waals surface area contributed by atoms with Gasteiger partial charge in [0.05, 0.1) is 12.1 Å². The molecule has 124 valence electrons. The highest BCUT2D eigenvalue weighted by Gasteiger charge is 2.52. The maximum absolute atomic E-state index is 12.7. The van der Waals surface area contributed by atoms with Gasteiger partial charge in [0.25, 0.3) is 0 Å². The Labute approximate surface area is 142 Å². The molecule has 0 unspecified atom stereocenters. The van der Waals surface area contributed by atoms with Gasteiger partial charge in [0, 0.05) is 17.9 Å². The van der Waals surface area contributed by atoms with Gasteiger partial charge in [-0.25, -0.2) is 0 Å². The number of hydrogen-bond donors (Lipinski definition) is 0. The summed E-state index contributed by atoms with van der Waals surface area (Å²) in [5.41, 5.74) is 0.831. The van der Waals surface area contributed by atoms with E-state index in [1.165, 1.54) is 15.4 Å². The number of carbonyl (C=O) groups excluding carboxylic acids is 2. The van der Waals surface area contributed by atoms with Crippen molar-refractivity contribution in [3.8, 4) is 0 Å². The van der Waals surface area contributed by atoms with Crippen molar-refractivity contribution in [2.75, 3.05) is 20.0 Å². The molecule has 0 radical (unpaired) electrons.